The van der Waals surface area contributed by atoms with Gasteiger partial charge in [-0.25, -0.2) is 4.98 Å². The molecule has 1 aliphatic carbocycles. The highest BCUT2D eigenvalue weighted by Gasteiger charge is 2.42. The number of primary amides is 1. The molecular formula is C17H21N3O. The van der Waals surface area contributed by atoms with E-state index in [1.165, 1.54) is 6.42 Å². The summed E-state index contributed by atoms with van der Waals surface area (Å²) in [6.07, 6.45) is 4.89. The minimum Gasteiger partial charge on any atom is -0.368 e. The molecule has 0 atom stereocenters. The summed E-state index contributed by atoms with van der Waals surface area (Å²) in [5.41, 5.74) is 6.10. The van der Waals surface area contributed by atoms with Crippen LogP contribution in [0.15, 0.2) is 36.4 Å². The van der Waals surface area contributed by atoms with Crippen LogP contribution >= 0.6 is 0 Å². The molecule has 4 heteroatoms. The highest BCUT2D eigenvalue weighted by molar-refractivity contribution is 5.89. The molecule has 4 nitrogen and oxygen atoms in total. The van der Waals surface area contributed by atoms with Crippen molar-refractivity contribution in [2.75, 3.05) is 11.9 Å². The predicted octanol–water partition coefficient (Wildman–Crippen LogP) is 2.86. The molecule has 1 aliphatic rings. The molecule has 3 rings (SSSR count). The van der Waals surface area contributed by atoms with Gasteiger partial charge in [0.15, 0.2) is 0 Å². The van der Waals surface area contributed by atoms with Crippen LogP contribution in [-0.2, 0) is 4.79 Å². The van der Waals surface area contributed by atoms with Crippen LogP contribution in [0.25, 0.3) is 10.9 Å². The van der Waals surface area contributed by atoms with Gasteiger partial charge < -0.3 is 10.6 Å². The highest BCUT2D eigenvalue weighted by atomic mass is 16.1. The number of amides is 1. The summed E-state index contributed by atoms with van der Waals surface area (Å²) >= 11 is 0. The number of para-hydroxylation sites is 1. The summed E-state index contributed by atoms with van der Waals surface area (Å²) in [6.45, 7) is 0. The minimum absolute atomic E-state index is 0.236. The quantitative estimate of drug-likeness (QED) is 0.942. The van der Waals surface area contributed by atoms with E-state index in [2.05, 4.69) is 0 Å². The Balaban J connectivity index is 2.01. The first-order valence-electron chi connectivity index (χ1n) is 7.53. The molecule has 0 aliphatic heterocycles. The van der Waals surface area contributed by atoms with Crippen molar-refractivity contribution in [3.63, 3.8) is 0 Å². The number of aromatic nitrogens is 1. The predicted molar refractivity (Wildman–Crippen MR) is 85.2 cm³/mol. The summed E-state index contributed by atoms with van der Waals surface area (Å²) in [5.74, 6) is 0.578. The summed E-state index contributed by atoms with van der Waals surface area (Å²) in [4.78, 5) is 18.8. The lowest BCUT2D eigenvalue weighted by atomic mass is 9.80. The van der Waals surface area contributed by atoms with Gasteiger partial charge in [-0.3, -0.25) is 4.79 Å². The van der Waals surface area contributed by atoms with Crippen molar-refractivity contribution in [1.29, 1.82) is 0 Å². The first-order valence-corrected chi connectivity index (χ1v) is 7.53. The lowest BCUT2D eigenvalue weighted by molar-refractivity contribution is -0.124. The Kier molecular flexibility index (Phi) is 3.53. The Hall–Kier alpha value is -2.10. The highest BCUT2D eigenvalue weighted by Crippen LogP contribution is 2.35. The van der Waals surface area contributed by atoms with E-state index >= 15 is 0 Å². The topological polar surface area (TPSA) is 59.2 Å². The van der Waals surface area contributed by atoms with Gasteiger partial charge >= 0.3 is 0 Å². The molecular weight excluding hydrogens is 262 g/mol. The van der Waals surface area contributed by atoms with Crippen LogP contribution < -0.4 is 10.6 Å². The molecule has 1 fully saturated rings. The summed E-state index contributed by atoms with van der Waals surface area (Å²) in [6, 6.07) is 12.0. The number of pyridine rings is 1. The fourth-order valence-electron chi connectivity index (χ4n) is 3.35. The van der Waals surface area contributed by atoms with Crippen LogP contribution in [-0.4, -0.2) is 23.5 Å². The normalized spacial score (nSPS) is 17.6. The number of nitrogens with zero attached hydrogens (tertiary/aromatic N) is 2. The van der Waals surface area contributed by atoms with E-state index in [4.69, 9.17) is 10.7 Å². The summed E-state index contributed by atoms with van der Waals surface area (Å²) in [5, 5.41) is 1.10. The monoisotopic (exact) mass is 283 g/mol. The molecule has 2 N–H and O–H groups in total. The summed E-state index contributed by atoms with van der Waals surface area (Å²) < 4.78 is 0. The molecule has 0 bridgehead atoms. The zero-order valence-electron chi connectivity index (χ0n) is 12.4. The number of rotatable bonds is 3. The molecule has 0 spiro atoms. The van der Waals surface area contributed by atoms with E-state index in [1.54, 1.807) is 0 Å². The molecule has 110 valence electrons. The number of hydrogen-bond acceptors (Lipinski definition) is 3. The van der Waals surface area contributed by atoms with Gasteiger partial charge in [-0.2, -0.15) is 0 Å². The number of fused-ring (bicyclic) bond motifs is 1. The number of carbonyl (C=O) groups is 1. The van der Waals surface area contributed by atoms with Gasteiger partial charge in [-0.15, -0.1) is 0 Å². The second kappa shape index (κ2) is 5.35. The van der Waals surface area contributed by atoms with E-state index in [-0.39, 0.29) is 5.91 Å². The summed E-state index contributed by atoms with van der Waals surface area (Å²) in [7, 11) is 1.94. The van der Waals surface area contributed by atoms with Crippen LogP contribution in [0.3, 0.4) is 0 Å². The zero-order valence-corrected chi connectivity index (χ0v) is 12.4. The third kappa shape index (κ3) is 2.35. The third-order valence-electron chi connectivity index (χ3n) is 4.71. The average Bonchev–Trinajstić information content (AvgIpc) is 2.54. The first-order chi connectivity index (χ1) is 10.1. The van der Waals surface area contributed by atoms with Gasteiger partial charge in [0, 0.05) is 12.4 Å². The van der Waals surface area contributed by atoms with Gasteiger partial charge in [0.25, 0.3) is 0 Å². The standard InChI is InChI=1S/C17H21N3O/c1-20(17(16(18)21)11-5-2-6-12-17)15-10-9-13-7-3-4-8-14(13)19-15/h3-4,7-10H,2,5-6,11-12H2,1H3,(H2,18,21). The maximum absolute atomic E-state index is 12.1. The van der Waals surface area contributed by atoms with E-state index in [0.29, 0.717) is 0 Å². The number of anilines is 1. The Morgan fingerprint density at radius 1 is 1.14 bits per heavy atom. The van der Waals surface area contributed by atoms with E-state index in [1.807, 2.05) is 48.3 Å². The van der Waals surface area contributed by atoms with Gasteiger partial charge in [0.1, 0.15) is 11.4 Å². The van der Waals surface area contributed by atoms with Crippen LogP contribution in [0, 0.1) is 0 Å². The minimum atomic E-state index is -0.590. The van der Waals surface area contributed by atoms with E-state index in [0.717, 1.165) is 42.4 Å². The third-order valence-corrected chi connectivity index (χ3v) is 4.71. The Bertz CT molecular complexity index is 662. The average molecular weight is 283 g/mol. The van der Waals surface area contributed by atoms with Crippen molar-refractivity contribution in [1.82, 2.24) is 4.98 Å². The number of nitrogens with two attached hydrogens (primary N) is 1. The van der Waals surface area contributed by atoms with E-state index in [9.17, 15) is 4.79 Å². The molecule has 0 unspecified atom stereocenters. The molecule has 1 aromatic heterocycles. The lowest BCUT2D eigenvalue weighted by Crippen LogP contribution is -2.57. The van der Waals surface area contributed by atoms with Crippen molar-refractivity contribution >= 4 is 22.6 Å². The molecule has 0 radical (unpaired) electrons. The second-order valence-electron chi connectivity index (χ2n) is 5.88. The Labute approximate surface area is 125 Å². The first kappa shape index (κ1) is 13.9. The van der Waals surface area contributed by atoms with Gasteiger partial charge in [0.05, 0.1) is 5.52 Å². The second-order valence-corrected chi connectivity index (χ2v) is 5.88. The molecule has 1 amide bonds. The van der Waals surface area contributed by atoms with Crippen LogP contribution in [0.5, 0.6) is 0 Å². The largest absolute Gasteiger partial charge is 0.368 e. The van der Waals surface area contributed by atoms with Crippen LogP contribution in [0.4, 0.5) is 5.82 Å². The van der Waals surface area contributed by atoms with Crippen molar-refractivity contribution < 1.29 is 4.79 Å². The number of likely N-dealkylation sites (N-methyl/N-ethyl adjacent to an activating group) is 1. The number of carbonyl (C=O) groups excluding carboxylic acids is 1. The molecule has 1 saturated carbocycles. The fourth-order valence-corrected chi connectivity index (χ4v) is 3.35. The number of hydrogen-bond donors (Lipinski definition) is 1. The van der Waals surface area contributed by atoms with Crippen LogP contribution in [0.2, 0.25) is 0 Å². The van der Waals surface area contributed by atoms with Crippen LogP contribution in [0.1, 0.15) is 32.1 Å². The van der Waals surface area contributed by atoms with Crippen molar-refractivity contribution in [2.24, 2.45) is 5.73 Å². The maximum Gasteiger partial charge on any atom is 0.243 e. The van der Waals surface area contributed by atoms with Gasteiger partial charge in [-0.1, -0.05) is 37.5 Å². The number of benzene rings is 1. The SMILES string of the molecule is CN(c1ccc2ccccc2n1)C1(C(N)=O)CCCCC1. The van der Waals surface area contributed by atoms with E-state index < -0.39 is 5.54 Å². The maximum atomic E-state index is 12.1. The molecule has 2 aromatic rings. The smallest absolute Gasteiger partial charge is 0.243 e. The van der Waals surface area contributed by atoms with Gasteiger partial charge in [-0.05, 0) is 31.0 Å². The fraction of sp³-hybridized carbons (Fsp3) is 0.412. The Morgan fingerprint density at radius 2 is 1.86 bits per heavy atom. The molecule has 1 heterocycles. The van der Waals surface area contributed by atoms with Gasteiger partial charge in [0.2, 0.25) is 5.91 Å². The Morgan fingerprint density at radius 3 is 2.57 bits per heavy atom. The molecule has 1 aromatic carbocycles. The molecule has 21 heavy (non-hydrogen) atoms. The van der Waals surface area contributed by atoms with Crippen molar-refractivity contribution in [3.8, 4) is 0 Å². The van der Waals surface area contributed by atoms with Crippen molar-refractivity contribution in [2.45, 2.75) is 37.6 Å². The zero-order chi connectivity index (χ0) is 14.9. The van der Waals surface area contributed by atoms with Crippen molar-refractivity contribution in [3.05, 3.63) is 36.4 Å². The molecule has 0 saturated heterocycles. The lowest BCUT2D eigenvalue weighted by Gasteiger charge is -2.42.